The lowest BCUT2D eigenvalue weighted by atomic mass is 10.1. The topological polar surface area (TPSA) is 17.1 Å². The van der Waals surface area contributed by atoms with Crippen LogP contribution in [-0.2, 0) is 4.57 Å². The van der Waals surface area contributed by atoms with Gasteiger partial charge in [0.2, 0.25) is 0 Å². The molecule has 1 unspecified atom stereocenters. The van der Waals surface area contributed by atoms with E-state index in [0.717, 1.165) is 24.3 Å². The Hall–Kier alpha value is -1.33. The molecule has 0 aromatic heterocycles. The van der Waals surface area contributed by atoms with Crippen LogP contribution in [0.2, 0.25) is 0 Å². The first-order valence-electron chi connectivity index (χ1n) is 6.50. The first-order valence-corrected chi connectivity index (χ1v) is 8.46. The Morgan fingerprint density at radius 1 is 0.889 bits per heavy atom. The maximum absolute atomic E-state index is 13.3. The number of hydrogen-bond acceptors (Lipinski definition) is 1. The van der Waals surface area contributed by atoms with Gasteiger partial charge in [0.05, 0.1) is 0 Å². The normalized spacial score (nSPS) is 27.2. The monoisotopic (exact) mass is 256 g/mol. The summed E-state index contributed by atoms with van der Waals surface area (Å²) in [6, 6.07) is 20.4. The van der Waals surface area contributed by atoms with Crippen LogP contribution in [0.4, 0.5) is 0 Å². The molecule has 1 heterocycles. The third-order valence-electron chi connectivity index (χ3n) is 3.85. The molecule has 18 heavy (non-hydrogen) atoms. The molecule has 2 heteroatoms. The molecule has 92 valence electrons. The van der Waals surface area contributed by atoms with Crippen molar-refractivity contribution in [3.05, 3.63) is 66.2 Å². The van der Waals surface area contributed by atoms with Crippen molar-refractivity contribution in [3.63, 3.8) is 0 Å². The lowest BCUT2D eigenvalue weighted by Crippen LogP contribution is -2.08. The Balaban J connectivity index is 2.04. The van der Waals surface area contributed by atoms with E-state index in [1.165, 1.54) is 5.56 Å². The van der Waals surface area contributed by atoms with E-state index in [4.69, 9.17) is 0 Å². The van der Waals surface area contributed by atoms with Gasteiger partial charge in [0.25, 0.3) is 0 Å². The van der Waals surface area contributed by atoms with Gasteiger partial charge in [-0.2, -0.15) is 0 Å². The molecule has 3 rings (SSSR count). The fourth-order valence-electron chi connectivity index (χ4n) is 2.96. The molecule has 1 aliphatic rings. The van der Waals surface area contributed by atoms with Crippen LogP contribution in [0.3, 0.4) is 0 Å². The minimum Gasteiger partial charge on any atom is -0.318 e. The number of hydrogen-bond donors (Lipinski definition) is 0. The van der Waals surface area contributed by atoms with Gasteiger partial charge in [0, 0.05) is 17.1 Å². The van der Waals surface area contributed by atoms with E-state index >= 15 is 0 Å². The quantitative estimate of drug-likeness (QED) is 0.735. The molecule has 0 N–H and O–H groups in total. The first-order chi connectivity index (χ1) is 8.81. The molecule has 0 radical (unpaired) electrons. The molecule has 2 atom stereocenters. The van der Waals surface area contributed by atoms with E-state index in [0.29, 0.717) is 0 Å². The SMILES string of the molecule is O=P1(c2ccccc2)CCC[C@H]1c1ccccc1. The summed E-state index contributed by atoms with van der Waals surface area (Å²) in [5.74, 6) is 0. The van der Waals surface area contributed by atoms with Crippen LogP contribution in [0.5, 0.6) is 0 Å². The van der Waals surface area contributed by atoms with Crippen molar-refractivity contribution in [2.45, 2.75) is 18.5 Å². The highest BCUT2D eigenvalue weighted by Gasteiger charge is 2.39. The standard InChI is InChI=1S/C16H17OP/c17-18(15-10-5-2-6-11-15)13-7-12-16(18)14-8-3-1-4-9-14/h1-6,8-11,16H,7,12-13H2/t16-,18?/m0/s1. The summed E-state index contributed by atoms with van der Waals surface area (Å²) in [4.78, 5) is 0. The highest BCUT2D eigenvalue weighted by molar-refractivity contribution is 7.72. The summed E-state index contributed by atoms with van der Waals surface area (Å²) in [7, 11) is -2.25. The van der Waals surface area contributed by atoms with Gasteiger partial charge in [-0.1, -0.05) is 60.7 Å². The van der Waals surface area contributed by atoms with Crippen LogP contribution in [0.15, 0.2) is 60.7 Å². The molecule has 0 amide bonds. The Bertz CT molecular complexity index is 562. The predicted molar refractivity (Wildman–Crippen MR) is 77.0 cm³/mol. The Morgan fingerprint density at radius 2 is 1.50 bits per heavy atom. The average molecular weight is 256 g/mol. The molecule has 1 saturated heterocycles. The molecule has 1 aliphatic heterocycles. The minimum atomic E-state index is -2.25. The number of benzene rings is 2. The second-order valence-electron chi connectivity index (χ2n) is 4.92. The molecular formula is C16H17OP. The molecule has 1 fully saturated rings. The van der Waals surface area contributed by atoms with E-state index in [2.05, 4.69) is 12.1 Å². The Morgan fingerprint density at radius 3 is 2.17 bits per heavy atom. The van der Waals surface area contributed by atoms with Gasteiger partial charge in [-0.15, -0.1) is 0 Å². The Kier molecular flexibility index (Phi) is 3.09. The van der Waals surface area contributed by atoms with Crippen molar-refractivity contribution in [3.8, 4) is 0 Å². The van der Waals surface area contributed by atoms with Gasteiger partial charge in [0.1, 0.15) is 7.14 Å². The van der Waals surface area contributed by atoms with Gasteiger partial charge in [0.15, 0.2) is 0 Å². The summed E-state index contributed by atoms with van der Waals surface area (Å²) in [6.07, 6.45) is 2.98. The fourth-order valence-corrected chi connectivity index (χ4v) is 6.47. The van der Waals surface area contributed by atoms with Crippen LogP contribution >= 0.6 is 7.14 Å². The van der Waals surface area contributed by atoms with Gasteiger partial charge < -0.3 is 4.57 Å². The Labute approximate surface area is 108 Å². The smallest absolute Gasteiger partial charge is 0.122 e. The lowest BCUT2D eigenvalue weighted by molar-refractivity contribution is 0.578. The predicted octanol–water partition coefficient (Wildman–Crippen LogP) is 4.21. The highest BCUT2D eigenvalue weighted by Crippen LogP contribution is 2.64. The molecule has 2 aromatic carbocycles. The fraction of sp³-hybridized carbons (Fsp3) is 0.250. The van der Waals surface area contributed by atoms with Gasteiger partial charge in [-0.25, -0.2) is 0 Å². The third-order valence-corrected chi connectivity index (χ3v) is 7.57. The van der Waals surface area contributed by atoms with Crippen LogP contribution in [0, 0.1) is 0 Å². The highest BCUT2D eigenvalue weighted by atomic mass is 31.2. The molecule has 1 nitrogen and oxygen atoms in total. The molecular weight excluding hydrogens is 239 g/mol. The summed E-state index contributed by atoms with van der Waals surface area (Å²) < 4.78 is 13.3. The summed E-state index contributed by atoms with van der Waals surface area (Å²) >= 11 is 0. The van der Waals surface area contributed by atoms with E-state index < -0.39 is 7.14 Å². The first kappa shape index (κ1) is 11.7. The molecule has 0 spiro atoms. The van der Waals surface area contributed by atoms with E-state index in [1.807, 2.05) is 48.5 Å². The van der Waals surface area contributed by atoms with Crippen LogP contribution in [-0.4, -0.2) is 6.16 Å². The zero-order valence-electron chi connectivity index (χ0n) is 10.3. The summed E-state index contributed by atoms with van der Waals surface area (Å²) in [5.41, 5.74) is 1.46. The van der Waals surface area contributed by atoms with Crippen molar-refractivity contribution in [2.75, 3.05) is 6.16 Å². The zero-order chi connectivity index (χ0) is 12.4. The zero-order valence-corrected chi connectivity index (χ0v) is 11.2. The molecule has 0 bridgehead atoms. The largest absolute Gasteiger partial charge is 0.318 e. The van der Waals surface area contributed by atoms with Crippen molar-refractivity contribution in [1.82, 2.24) is 0 Å². The van der Waals surface area contributed by atoms with Gasteiger partial charge in [-0.3, -0.25) is 0 Å². The van der Waals surface area contributed by atoms with Crippen molar-refractivity contribution in [1.29, 1.82) is 0 Å². The maximum atomic E-state index is 13.3. The van der Waals surface area contributed by atoms with E-state index in [9.17, 15) is 4.57 Å². The molecule has 0 aliphatic carbocycles. The maximum Gasteiger partial charge on any atom is 0.122 e. The molecule has 2 aromatic rings. The van der Waals surface area contributed by atoms with Crippen LogP contribution in [0.1, 0.15) is 24.1 Å². The van der Waals surface area contributed by atoms with E-state index in [1.54, 1.807) is 0 Å². The van der Waals surface area contributed by atoms with Gasteiger partial charge >= 0.3 is 0 Å². The summed E-state index contributed by atoms with van der Waals surface area (Å²) in [5, 5.41) is 1.05. The third kappa shape index (κ3) is 1.93. The van der Waals surface area contributed by atoms with Crippen LogP contribution < -0.4 is 5.30 Å². The summed E-state index contributed by atoms with van der Waals surface area (Å²) in [6.45, 7) is 0. The van der Waals surface area contributed by atoms with Crippen LogP contribution in [0.25, 0.3) is 0 Å². The second kappa shape index (κ2) is 4.74. The van der Waals surface area contributed by atoms with E-state index in [-0.39, 0.29) is 5.66 Å². The van der Waals surface area contributed by atoms with Crippen molar-refractivity contribution < 1.29 is 4.57 Å². The average Bonchev–Trinajstić information content (AvgIpc) is 2.84. The minimum absolute atomic E-state index is 0.223. The number of rotatable bonds is 2. The van der Waals surface area contributed by atoms with Crippen molar-refractivity contribution >= 4 is 12.4 Å². The molecule has 0 saturated carbocycles. The van der Waals surface area contributed by atoms with Gasteiger partial charge in [-0.05, 0) is 18.4 Å². The second-order valence-corrected chi connectivity index (χ2v) is 8.10. The van der Waals surface area contributed by atoms with Crippen molar-refractivity contribution in [2.24, 2.45) is 0 Å². The lowest BCUT2D eigenvalue weighted by Gasteiger charge is -2.21.